The van der Waals surface area contributed by atoms with E-state index in [1.54, 1.807) is 6.92 Å². The summed E-state index contributed by atoms with van der Waals surface area (Å²) in [5, 5.41) is 10.4. The van der Waals surface area contributed by atoms with Gasteiger partial charge in [-0.1, -0.05) is 0 Å². The van der Waals surface area contributed by atoms with Crippen molar-refractivity contribution in [2.45, 2.75) is 19.8 Å². The second-order valence-corrected chi connectivity index (χ2v) is 6.39. The number of nitrogens with one attached hydrogen (secondary N) is 1. The Morgan fingerprint density at radius 1 is 1.14 bits per heavy atom. The van der Waals surface area contributed by atoms with Crippen LogP contribution in [-0.4, -0.2) is 65.0 Å². The van der Waals surface area contributed by atoms with Crippen molar-refractivity contribution in [1.29, 1.82) is 0 Å². The van der Waals surface area contributed by atoms with Gasteiger partial charge in [-0.2, -0.15) is 0 Å². The molecule has 1 aromatic carbocycles. The number of anilines is 1. The van der Waals surface area contributed by atoms with E-state index in [1.165, 1.54) is 12.1 Å². The highest BCUT2D eigenvalue weighted by Gasteiger charge is 2.31. The van der Waals surface area contributed by atoms with Gasteiger partial charge >= 0.3 is 6.36 Å². The van der Waals surface area contributed by atoms with Crippen molar-refractivity contribution >= 4 is 11.6 Å². The number of carbonyl (C=O) groups is 1. The number of hydrogen-bond acceptors (Lipinski definition) is 7. The molecule has 1 aliphatic heterocycles. The highest BCUT2D eigenvalue weighted by atomic mass is 19.4. The first-order valence-electron chi connectivity index (χ1n) is 8.66. The zero-order valence-electron chi connectivity index (χ0n) is 15.2. The van der Waals surface area contributed by atoms with Crippen LogP contribution in [0.2, 0.25) is 0 Å². The molecular weight excluding hydrogens is 379 g/mol. The highest BCUT2D eigenvalue weighted by molar-refractivity contribution is 5.92. The number of hydrogen-bond donors (Lipinski definition) is 1. The summed E-state index contributed by atoms with van der Waals surface area (Å²) in [4.78, 5) is 16.3. The van der Waals surface area contributed by atoms with Crippen molar-refractivity contribution in [1.82, 2.24) is 20.0 Å². The van der Waals surface area contributed by atoms with E-state index >= 15 is 0 Å². The number of halogens is 3. The Balaban J connectivity index is 1.40. The van der Waals surface area contributed by atoms with Crippen LogP contribution < -0.4 is 10.1 Å². The lowest BCUT2D eigenvalue weighted by Gasteiger charge is -2.33. The largest absolute Gasteiger partial charge is 0.573 e. The zero-order valence-corrected chi connectivity index (χ0v) is 15.2. The normalized spacial score (nSPS) is 16.1. The Hall–Kier alpha value is -2.66. The first-order chi connectivity index (χ1) is 13.3. The SMILES string of the molecule is Cc1nnc(CN2CCN(CC(=O)Nc3ccc(OC(F)(F)F)cc3)CC2)o1. The fourth-order valence-electron chi connectivity index (χ4n) is 2.84. The van der Waals surface area contributed by atoms with Crippen molar-refractivity contribution in [2.24, 2.45) is 0 Å². The lowest BCUT2D eigenvalue weighted by molar-refractivity contribution is -0.274. The molecule has 2 heterocycles. The monoisotopic (exact) mass is 399 g/mol. The first-order valence-corrected chi connectivity index (χ1v) is 8.66. The smallest absolute Gasteiger partial charge is 0.424 e. The number of alkyl halides is 3. The summed E-state index contributed by atoms with van der Waals surface area (Å²) in [6.45, 7) is 5.46. The number of nitrogens with zero attached hydrogens (tertiary/aromatic N) is 4. The summed E-state index contributed by atoms with van der Waals surface area (Å²) in [5.41, 5.74) is 0.407. The first kappa shape index (κ1) is 20.1. The standard InChI is InChI=1S/C17H20F3N5O3/c1-12-22-23-16(27-12)11-25-8-6-24(7-9-25)10-15(26)21-13-2-4-14(5-3-13)28-17(18,19)20/h2-5H,6-11H2,1H3,(H,21,26). The van der Waals surface area contributed by atoms with Gasteiger partial charge in [-0.25, -0.2) is 0 Å². The number of aromatic nitrogens is 2. The van der Waals surface area contributed by atoms with E-state index in [2.05, 4.69) is 25.2 Å². The van der Waals surface area contributed by atoms with Crippen molar-refractivity contribution < 1.29 is 27.1 Å². The molecule has 11 heteroatoms. The summed E-state index contributed by atoms with van der Waals surface area (Å²) in [5.74, 6) is 0.536. The molecular formula is C17H20F3N5O3. The molecule has 1 saturated heterocycles. The lowest BCUT2D eigenvalue weighted by atomic mass is 10.3. The van der Waals surface area contributed by atoms with Crippen molar-refractivity contribution in [2.75, 3.05) is 38.0 Å². The summed E-state index contributed by atoms with van der Waals surface area (Å²) < 4.78 is 45.6. The van der Waals surface area contributed by atoms with E-state index < -0.39 is 6.36 Å². The van der Waals surface area contributed by atoms with E-state index in [-0.39, 0.29) is 18.2 Å². The van der Waals surface area contributed by atoms with Gasteiger partial charge in [0.1, 0.15) is 5.75 Å². The van der Waals surface area contributed by atoms with Crippen molar-refractivity contribution in [3.05, 3.63) is 36.0 Å². The fourth-order valence-corrected chi connectivity index (χ4v) is 2.84. The maximum absolute atomic E-state index is 12.2. The second-order valence-electron chi connectivity index (χ2n) is 6.39. The third kappa shape index (κ3) is 6.20. The van der Waals surface area contributed by atoms with Crippen molar-refractivity contribution in [3.63, 3.8) is 0 Å². The lowest BCUT2D eigenvalue weighted by Crippen LogP contribution is -2.48. The van der Waals surface area contributed by atoms with Crippen LogP contribution in [0.15, 0.2) is 28.7 Å². The number of benzene rings is 1. The molecule has 0 unspecified atom stereocenters. The average molecular weight is 399 g/mol. The number of aryl methyl sites for hydroxylation is 1. The maximum Gasteiger partial charge on any atom is 0.573 e. The van der Waals surface area contributed by atoms with Crippen LogP contribution in [0.5, 0.6) is 5.75 Å². The van der Waals surface area contributed by atoms with E-state index in [0.717, 1.165) is 25.2 Å². The Morgan fingerprint density at radius 3 is 2.36 bits per heavy atom. The highest BCUT2D eigenvalue weighted by Crippen LogP contribution is 2.23. The van der Waals surface area contributed by atoms with Crippen LogP contribution in [0, 0.1) is 6.92 Å². The Kier molecular flexibility index (Phi) is 6.15. The summed E-state index contributed by atoms with van der Waals surface area (Å²) in [7, 11) is 0. The van der Waals surface area contributed by atoms with Crippen molar-refractivity contribution in [3.8, 4) is 5.75 Å². The topological polar surface area (TPSA) is 83.7 Å². The molecule has 0 atom stereocenters. The van der Waals surface area contributed by atoms with E-state index in [1.807, 2.05) is 4.90 Å². The minimum Gasteiger partial charge on any atom is -0.424 e. The van der Waals surface area contributed by atoms with Gasteiger partial charge in [-0.05, 0) is 24.3 Å². The molecule has 1 aromatic heterocycles. The van der Waals surface area contributed by atoms with E-state index in [0.29, 0.717) is 37.1 Å². The number of ether oxygens (including phenoxy) is 1. The summed E-state index contributed by atoms with van der Waals surface area (Å²) >= 11 is 0. The van der Waals surface area contributed by atoms with Crippen LogP contribution in [-0.2, 0) is 11.3 Å². The number of piperazine rings is 1. The molecule has 0 bridgehead atoms. The number of carbonyl (C=O) groups excluding carboxylic acids is 1. The zero-order chi connectivity index (χ0) is 20.1. The molecule has 1 fully saturated rings. The molecule has 28 heavy (non-hydrogen) atoms. The predicted octanol–water partition coefficient (Wildman–Crippen LogP) is 2.03. The predicted molar refractivity (Wildman–Crippen MR) is 92.5 cm³/mol. The molecule has 2 aromatic rings. The molecule has 0 spiro atoms. The number of rotatable bonds is 6. The molecule has 1 amide bonds. The van der Waals surface area contributed by atoms with Gasteiger partial charge in [-0.15, -0.1) is 23.4 Å². The summed E-state index contributed by atoms with van der Waals surface area (Å²) in [6, 6.07) is 5.04. The third-order valence-electron chi connectivity index (χ3n) is 4.13. The minimum absolute atomic E-state index is 0.203. The van der Waals surface area contributed by atoms with Crippen LogP contribution in [0.25, 0.3) is 0 Å². The van der Waals surface area contributed by atoms with Gasteiger partial charge in [0, 0.05) is 38.8 Å². The van der Waals surface area contributed by atoms with Crippen LogP contribution >= 0.6 is 0 Å². The van der Waals surface area contributed by atoms with Gasteiger partial charge < -0.3 is 14.5 Å². The van der Waals surface area contributed by atoms with Crippen LogP contribution in [0.4, 0.5) is 18.9 Å². The molecule has 3 rings (SSSR count). The summed E-state index contributed by atoms with van der Waals surface area (Å²) in [6.07, 6.45) is -4.74. The molecule has 0 aliphatic carbocycles. The number of amides is 1. The molecule has 0 radical (unpaired) electrons. The second kappa shape index (κ2) is 8.57. The van der Waals surface area contributed by atoms with Gasteiger partial charge in [0.05, 0.1) is 13.1 Å². The Morgan fingerprint density at radius 2 is 1.79 bits per heavy atom. The van der Waals surface area contributed by atoms with Gasteiger partial charge in [0.25, 0.3) is 0 Å². The molecule has 1 N–H and O–H groups in total. The molecule has 8 nitrogen and oxygen atoms in total. The van der Waals surface area contributed by atoms with E-state index in [9.17, 15) is 18.0 Å². The Bertz CT molecular complexity index is 786. The van der Waals surface area contributed by atoms with Gasteiger partial charge in [0.2, 0.25) is 17.7 Å². The Labute approximate surface area is 159 Å². The third-order valence-corrected chi connectivity index (χ3v) is 4.13. The quantitative estimate of drug-likeness (QED) is 0.796. The van der Waals surface area contributed by atoms with Crippen LogP contribution in [0.3, 0.4) is 0 Å². The average Bonchev–Trinajstić information content (AvgIpc) is 3.02. The molecule has 1 aliphatic rings. The molecule has 0 saturated carbocycles. The maximum atomic E-state index is 12.2. The van der Waals surface area contributed by atoms with E-state index in [4.69, 9.17) is 4.42 Å². The fraction of sp³-hybridized carbons (Fsp3) is 0.471. The van der Waals surface area contributed by atoms with Gasteiger partial charge in [-0.3, -0.25) is 14.6 Å². The van der Waals surface area contributed by atoms with Crippen LogP contribution in [0.1, 0.15) is 11.8 Å². The minimum atomic E-state index is -4.74. The molecule has 152 valence electrons. The van der Waals surface area contributed by atoms with Gasteiger partial charge in [0.15, 0.2) is 0 Å².